The topological polar surface area (TPSA) is 66.5 Å². The van der Waals surface area contributed by atoms with Crippen LogP contribution in [0, 0.1) is 11.8 Å². The fourth-order valence-electron chi connectivity index (χ4n) is 4.15. The van der Waals surface area contributed by atoms with Crippen LogP contribution in [-0.2, 0) is 14.8 Å². The van der Waals surface area contributed by atoms with E-state index in [9.17, 15) is 13.2 Å². The zero-order chi connectivity index (χ0) is 18.6. The van der Waals surface area contributed by atoms with Crippen LogP contribution in [0.3, 0.4) is 0 Å². The van der Waals surface area contributed by atoms with Gasteiger partial charge in [0.1, 0.15) is 0 Å². The molecule has 26 heavy (non-hydrogen) atoms. The minimum absolute atomic E-state index is 0.0258. The third-order valence-corrected chi connectivity index (χ3v) is 7.79. The molecular formula is C20H30N2O3S. The van der Waals surface area contributed by atoms with E-state index in [-0.39, 0.29) is 24.4 Å². The van der Waals surface area contributed by atoms with E-state index >= 15 is 0 Å². The van der Waals surface area contributed by atoms with Crippen LogP contribution in [0.25, 0.3) is 0 Å². The summed E-state index contributed by atoms with van der Waals surface area (Å²) in [5.74, 6) is 0.577. The van der Waals surface area contributed by atoms with E-state index in [0.717, 1.165) is 31.6 Å². The van der Waals surface area contributed by atoms with Crippen molar-refractivity contribution in [3.8, 4) is 0 Å². The van der Waals surface area contributed by atoms with E-state index in [0.29, 0.717) is 11.4 Å². The number of rotatable bonds is 5. The van der Waals surface area contributed by atoms with Crippen molar-refractivity contribution >= 4 is 15.9 Å². The van der Waals surface area contributed by atoms with Crippen molar-refractivity contribution in [1.29, 1.82) is 0 Å². The van der Waals surface area contributed by atoms with Gasteiger partial charge in [-0.3, -0.25) is 4.79 Å². The Balaban J connectivity index is 1.59. The number of carbonyl (C=O) groups excluding carboxylic acids is 1. The van der Waals surface area contributed by atoms with Crippen LogP contribution in [-0.4, -0.2) is 37.8 Å². The molecule has 1 aliphatic carbocycles. The number of piperidine rings is 1. The molecule has 1 N–H and O–H groups in total. The lowest BCUT2D eigenvalue weighted by Crippen LogP contribution is -2.48. The Hall–Kier alpha value is -1.40. The van der Waals surface area contributed by atoms with Crippen LogP contribution in [0.15, 0.2) is 35.2 Å². The first-order chi connectivity index (χ1) is 12.5. The average Bonchev–Trinajstić information content (AvgIpc) is 2.69. The van der Waals surface area contributed by atoms with Gasteiger partial charge in [0.15, 0.2) is 0 Å². The van der Waals surface area contributed by atoms with E-state index in [2.05, 4.69) is 12.2 Å². The highest BCUT2D eigenvalue weighted by molar-refractivity contribution is 7.89. The number of carbonyl (C=O) groups is 1. The smallest absolute Gasteiger partial charge is 0.243 e. The van der Waals surface area contributed by atoms with Crippen LogP contribution >= 0.6 is 0 Å². The highest BCUT2D eigenvalue weighted by Gasteiger charge is 2.34. The van der Waals surface area contributed by atoms with Crippen molar-refractivity contribution in [2.45, 2.75) is 62.8 Å². The van der Waals surface area contributed by atoms with E-state index < -0.39 is 10.0 Å². The van der Waals surface area contributed by atoms with Crippen molar-refractivity contribution in [3.63, 3.8) is 0 Å². The summed E-state index contributed by atoms with van der Waals surface area (Å²) in [7, 11) is -3.52. The second kappa shape index (κ2) is 8.53. The molecular weight excluding hydrogens is 348 g/mol. The lowest BCUT2D eigenvalue weighted by atomic mass is 9.84. The van der Waals surface area contributed by atoms with Gasteiger partial charge in [0.05, 0.1) is 10.8 Å². The molecule has 144 valence electrons. The number of amides is 1. The minimum atomic E-state index is -3.52. The first kappa shape index (κ1) is 19.4. The summed E-state index contributed by atoms with van der Waals surface area (Å²) in [5.41, 5.74) is 0. The summed E-state index contributed by atoms with van der Waals surface area (Å²) in [6.45, 7) is 3.00. The predicted molar refractivity (Wildman–Crippen MR) is 102 cm³/mol. The summed E-state index contributed by atoms with van der Waals surface area (Å²) in [4.78, 5) is 13.0. The van der Waals surface area contributed by atoms with Crippen molar-refractivity contribution in [2.24, 2.45) is 11.8 Å². The predicted octanol–water partition coefficient (Wildman–Crippen LogP) is 3.17. The molecule has 1 saturated heterocycles. The Morgan fingerprint density at radius 1 is 1.12 bits per heavy atom. The Bertz CT molecular complexity index is 697. The molecule has 1 atom stereocenters. The molecule has 0 aromatic heterocycles. The summed E-state index contributed by atoms with van der Waals surface area (Å²) < 4.78 is 27.1. The van der Waals surface area contributed by atoms with Crippen molar-refractivity contribution in [2.75, 3.05) is 13.1 Å². The second-order valence-electron chi connectivity index (χ2n) is 7.65. The number of hydrogen-bond donors (Lipinski definition) is 1. The quantitative estimate of drug-likeness (QED) is 0.856. The first-order valence-electron chi connectivity index (χ1n) is 9.86. The van der Waals surface area contributed by atoms with E-state index in [1.54, 1.807) is 30.3 Å². The Morgan fingerprint density at radius 3 is 2.46 bits per heavy atom. The van der Waals surface area contributed by atoms with Gasteiger partial charge < -0.3 is 5.32 Å². The van der Waals surface area contributed by atoms with Gasteiger partial charge in [-0.25, -0.2) is 8.42 Å². The van der Waals surface area contributed by atoms with Gasteiger partial charge in [0.25, 0.3) is 0 Å². The molecule has 1 unspecified atom stereocenters. The van der Waals surface area contributed by atoms with Crippen LogP contribution < -0.4 is 5.32 Å². The maximum Gasteiger partial charge on any atom is 0.243 e. The summed E-state index contributed by atoms with van der Waals surface area (Å²) in [6.07, 6.45) is 7.16. The van der Waals surface area contributed by atoms with Crippen molar-refractivity contribution in [3.05, 3.63) is 30.3 Å². The van der Waals surface area contributed by atoms with Crippen LogP contribution in [0.1, 0.15) is 51.9 Å². The molecule has 6 heteroatoms. The minimum Gasteiger partial charge on any atom is -0.353 e. The van der Waals surface area contributed by atoms with Gasteiger partial charge in [-0.05, 0) is 56.6 Å². The fourth-order valence-corrected chi connectivity index (χ4v) is 5.70. The molecule has 0 spiro atoms. The molecule has 1 saturated carbocycles. The molecule has 1 amide bonds. The van der Waals surface area contributed by atoms with Gasteiger partial charge in [-0.2, -0.15) is 4.31 Å². The first-order valence-corrected chi connectivity index (χ1v) is 11.3. The molecule has 1 heterocycles. The number of sulfonamides is 1. The van der Waals surface area contributed by atoms with Crippen molar-refractivity contribution < 1.29 is 13.2 Å². The van der Waals surface area contributed by atoms with Gasteiger partial charge in [-0.1, -0.05) is 31.5 Å². The number of hydrogen-bond acceptors (Lipinski definition) is 3. The Morgan fingerprint density at radius 2 is 1.81 bits per heavy atom. The maximum absolute atomic E-state index is 12.8. The van der Waals surface area contributed by atoms with E-state index in [1.807, 2.05) is 0 Å². The maximum atomic E-state index is 12.8. The molecule has 0 radical (unpaired) electrons. The molecule has 2 fully saturated rings. The fraction of sp³-hybridized carbons (Fsp3) is 0.650. The highest BCUT2D eigenvalue weighted by Crippen LogP contribution is 2.28. The number of nitrogens with one attached hydrogen (secondary N) is 1. The lowest BCUT2D eigenvalue weighted by Gasteiger charge is -2.33. The largest absolute Gasteiger partial charge is 0.353 e. The Labute approximate surface area is 157 Å². The molecule has 5 nitrogen and oxygen atoms in total. The standard InChI is InChI=1S/C20H30N2O3S/c1-2-16-10-12-18(13-11-16)21-20(23)17-7-6-14-22(15-17)26(24,25)19-8-4-3-5-9-19/h3-5,8-9,16-18H,2,6-7,10-15H2,1H3,(H,21,23). The van der Waals surface area contributed by atoms with E-state index in [1.165, 1.54) is 23.6 Å². The zero-order valence-corrected chi connectivity index (χ0v) is 16.4. The SMILES string of the molecule is CCC1CCC(NC(=O)C2CCCN(S(=O)(=O)c3ccccc3)C2)CC1. The molecule has 1 aromatic carbocycles. The van der Waals surface area contributed by atoms with Crippen molar-refractivity contribution in [1.82, 2.24) is 9.62 Å². The lowest BCUT2D eigenvalue weighted by molar-refractivity contribution is -0.127. The highest BCUT2D eigenvalue weighted by atomic mass is 32.2. The van der Waals surface area contributed by atoms with Crippen LogP contribution in [0.4, 0.5) is 0 Å². The third-order valence-electron chi connectivity index (χ3n) is 5.91. The zero-order valence-electron chi connectivity index (χ0n) is 15.6. The van der Waals surface area contributed by atoms with Gasteiger partial charge in [0.2, 0.25) is 15.9 Å². The third kappa shape index (κ3) is 4.46. The molecule has 1 aromatic rings. The molecule has 3 rings (SSSR count). The molecule has 1 aliphatic heterocycles. The summed E-state index contributed by atoms with van der Waals surface area (Å²) in [5, 5.41) is 3.18. The van der Waals surface area contributed by atoms with Gasteiger partial charge >= 0.3 is 0 Å². The molecule has 0 bridgehead atoms. The van der Waals surface area contributed by atoms with Gasteiger partial charge in [0, 0.05) is 19.1 Å². The van der Waals surface area contributed by atoms with Crippen LogP contribution in [0.5, 0.6) is 0 Å². The Kier molecular flexibility index (Phi) is 6.35. The normalized spacial score (nSPS) is 27.8. The van der Waals surface area contributed by atoms with Gasteiger partial charge in [-0.15, -0.1) is 0 Å². The average molecular weight is 379 g/mol. The van der Waals surface area contributed by atoms with E-state index in [4.69, 9.17) is 0 Å². The van der Waals surface area contributed by atoms with Crippen LogP contribution in [0.2, 0.25) is 0 Å². The number of benzene rings is 1. The monoisotopic (exact) mass is 378 g/mol. The number of nitrogens with zero attached hydrogens (tertiary/aromatic N) is 1. The summed E-state index contributed by atoms with van der Waals surface area (Å²) >= 11 is 0. The second-order valence-corrected chi connectivity index (χ2v) is 9.59. The summed E-state index contributed by atoms with van der Waals surface area (Å²) in [6, 6.07) is 8.75. The molecule has 2 aliphatic rings.